The Bertz CT molecular complexity index is 1410. The van der Waals surface area contributed by atoms with Crippen molar-refractivity contribution in [3.63, 3.8) is 0 Å². The molecule has 3 aromatic heterocycles. The summed E-state index contributed by atoms with van der Waals surface area (Å²) in [5.74, 6) is -0.511. The maximum atomic E-state index is 13.6. The third-order valence-corrected chi connectivity index (χ3v) is 5.07. The number of aromatic nitrogens is 5. The van der Waals surface area contributed by atoms with E-state index in [0.29, 0.717) is 6.07 Å². The second-order valence-corrected chi connectivity index (χ2v) is 7.55. The number of ether oxygens (including phenoxy) is 1. The summed E-state index contributed by atoms with van der Waals surface area (Å²) in [4.78, 5) is 19.8. The van der Waals surface area contributed by atoms with Crippen molar-refractivity contribution in [2.24, 2.45) is 0 Å². The Hall–Kier alpha value is -4.17. The van der Waals surface area contributed by atoms with Crippen LogP contribution in [0.3, 0.4) is 0 Å². The highest BCUT2D eigenvalue weighted by Crippen LogP contribution is 2.41. The van der Waals surface area contributed by atoms with Gasteiger partial charge in [-0.3, -0.25) is 15.0 Å². The van der Waals surface area contributed by atoms with Gasteiger partial charge in [-0.1, -0.05) is 0 Å². The summed E-state index contributed by atoms with van der Waals surface area (Å²) in [6.07, 6.45) is -5.71. The van der Waals surface area contributed by atoms with Crippen molar-refractivity contribution in [3.05, 3.63) is 66.0 Å². The minimum atomic E-state index is -5.11. The average Bonchev–Trinajstić information content (AvgIpc) is 2.82. The molecular weight excluding hydrogens is 516 g/mol. The zero-order valence-electron chi connectivity index (χ0n) is 18.4. The van der Waals surface area contributed by atoms with Gasteiger partial charge >= 0.3 is 19.0 Å². The molecule has 0 bridgehead atoms. The van der Waals surface area contributed by atoms with Crippen LogP contribution in [0.5, 0.6) is 5.75 Å². The first-order chi connectivity index (χ1) is 17.3. The number of nitrogens with zero attached hydrogens (tertiary/aromatic N) is 5. The van der Waals surface area contributed by atoms with Crippen molar-refractivity contribution in [1.29, 1.82) is 0 Å². The fourth-order valence-electron chi connectivity index (χ4n) is 3.49. The molecule has 194 valence electrons. The number of nitrogens with one attached hydrogen (secondary N) is 1. The van der Waals surface area contributed by atoms with E-state index >= 15 is 0 Å². The molecule has 1 atom stereocenters. The molecule has 0 spiro atoms. The highest BCUT2D eigenvalue weighted by atomic mass is 19.4. The predicted molar refractivity (Wildman–Crippen MR) is 113 cm³/mol. The fraction of sp³-hybridized carbons (Fsp3) is 0.227. The molecule has 1 N–H and O–H groups in total. The van der Waals surface area contributed by atoms with E-state index in [1.54, 1.807) is 0 Å². The number of benzene rings is 1. The number of alkyl halides is 8. The summed E-state index contributed by atoms with van der Waals surface area (Å²) in [5, 5.41) is 2.26. The van der Waals surface area contributed by atoms with Crippen LogP contribution < -0.4 is 10.1 Å². The third kappa shape index (κ3) is 5.65. The molecule has 4 aromatic rings. The summed E-state index contributed by atoms with van der Waals surface area (Å²) < 4.78 is 110. The van der Waals surface area contributed by atoms with Gasteiger partial charge in [0.05, 0.1) is 40.3 Å². The minimum Gasteiger partial charge on any atom is -0.433 e. The van der Waals surface area contributed by atoms with E-state index in [0.717, 1.165) is 12.5 Å². The van der Waals surface area contributed by atoms with Gasteiger partial charge in [-0.15, -0.1) is 0 Å². The number of rotatable bonds is 6. The van der Waals surface area contributed by atoms with Crippen LogP contribution in [0.1, 0.15) is 29.8 Å². The summed E-state index contributed by atoms with van der Waals surface area (Å²) in [6.45, 7) is -1.53. The predicted octanol–water partition coefficient (Wildman–Crippen LogP) is 6.29. The van der Waals surface area contributed by atoms with E-state index in [1.165, 1.54) is 31.5 Å². The zero-order chi connectivity index (χ0) is 27.0. The van der Waals surface area contributed by atoms with Gasteiger partial charge in [0.1, 0.15) is 23.6 Å². The Balaban J connectivity index is 1.75. The molecule has 0 aliphatic rings. The number of hydrogen-bond acceptors (Lipinski definition) is 7. The van der Waals surface area contributed by atoms with Crippen molar-refractivity contribution >= 4 is 16.7 Å². The van der Waals surface area contributed by atoms with Crippen LogP contribution in [0.15, 0.2) is 49.2 Å². The van der Waals surface area contributed by atoms with Crippen molar-refractivity contribution in [3.8, 4) is 17.1 Å². The van der Waals surface area contributed by atoms with Crippen LogP contribution in [0.4, 0.5) is 40.9 Å². The Kier molecular flexibility index (Phi) is 6.80. The molecule has 37 heavy (non-hydrogen) atoms. The van der Waals surface area contributed by atoms with Crippen molar-refractivity contribution in [1.82, 2.24) is 24.9 Å². The first kappa shape index (κ1) is 25.9. The lowest BCUT2D eigenvalue weighted by atomic mass is 10.0. The molecule has 15 heteroatoms. The van der Waals surface area contributed by atoms with Crippen LogP contribution in [-0.4, -0.2) is 31.5 Å². The second-order valence-electron chi connectivity index (χ2n) is 7.55. The molecule has 1 aromatic carbocycles. The highest BCUT2D eigenvalue weighted by Gasteiger charge is 2.39. The lowest BCUT2D eigenvalue weighted by Crippen LogP contribution is -2.15. The third-order valence-electron chi connectivity index (χ3n) is 5.07. The van der Waals surface area contributed by atoms with Crippen LogP contribution in [0.25, 0.3) is 22.3 Å². The van der Waals surface area contributed by atoms with Crippen molar-refractivity contribution in [2.75, 3.05) is 5.32 Å². The summed E-state index contributed by atoms with van der Waals surface area (Å²) in [5.41, 5.74) is -3.23. The van der Waals surface area contributed by atoms with E-state index in [-0.39, 0.29) is 34.7 Å². The largest absolute Gasteiger partial charge is 0.433 e. The lowest BCUT2D eigenvalue weighted by Gasteiger charge is -2.19. The van der Waals surface area contributed by atoms with Crippen molar-refractivity contribution in [2.45, 2.75) is 31.9 Å². The van der Waals surface area contributed by atoms with Gasteiger partial charge in [0.25, 0.3) is 0 Å². The fourth-order valence-corrected chi connectivity index (χ4v) is 3.49. The van der Waals surface area contributed by atoms with Gasteiger partial charge < -0.3 is 10.1 Å². The quantitative estimate of drug-likeness (QED) is 0.293. The van der Waals surface area contributed by atoms with Crippen LogP contribution in [-0.2, 0) is 12.4 Å². The van der Waals surface area contributed by atoms with Crippen molar-refractivity contribution < 1.29 is 39.9 Å². The van der Waals surface area contributed by atoms with Gasteiger partial charge in [-0.05, 0) is 31.2 Å². The lowest BCUT2D eigenvalue weighted by molar-refractivity contribution is -0.142. The van der Waals surface area contributed by atoms with Gasteiger partial charge in [-0.2, -0.15) is 35.1 Å². The van der Waals surface area contributed by atoms with Gasteiger partial charge in [0.15, 0.2) is 0 Å². The molecule has 0 saturated carbocycles. The standard InChI is InChI=1S/C22H14F8N6O/c1-10(16-18(32-5-4-31-16)15-3-2-12(8-33-15)37-20(23)24)36-19-13-6-11(21(25,26)27)7-14(22(28,29)30)17(13)34-9-35-19/h2-10,20H,1H3,(H,34,35,36). The van der Waals surface area contributed by atoms with E-state index in [2.05, 4.69) is 35.0 Å². The average molecular weight is 530 g/mol. The molecule has 7 nitrogen and oxygen atoms in total. The van der Waals surface area contributed by atoms with E-state index < -0.39 is 47.0 Å². The highest BCUT2D eigenvalue weighted by molar-refractivity contribution is 5.92. The van der Waals surface area contributed by atoms with Crippen LogP contribution in [0, 0.1) is 0 Å². The second kappa shape index (κ2) is 9.71. The molecule has 0 aliphatic carbocycles. The molecule has 0 amide bonds. The SMILES string of the molecule is CC(Nc1ncnc2c(C(F)(F)F)cc(C(F)(F)F)cc12)c1nccnc1-c1ccc(OC(F)F)cn1. The number of pyridine rings is 1. The molecule has 0 saturated heterocycles. The van der Waals surface area contributed by atoms with E-state index in [1.807, 2.05) is 0 Å². The number of anilines is 1. The Morgan fingerprint density at radius 3 is 2.22 bits per heavy atom. The van der Waals surface area contributed by atoms with E-state index in [4.69, 9.17) is 0 Å². The molecule has 1 unspecified atom stereocenters. The zero-order valence-corrected chi connectivity index (χ0v) is 18.4. The van der Waals surface area contributed by atoms with E-state index in [9.17, 15) is 35.1 Å². The van der Waals surface area contributed by atoms with Gasteiger partial charge in [-0.25, -0.2) is 9.97 Å². The molecular formula is C22H14F8N6O. The molecule has 0 aliphatic heterocycles. The molecule has 3 heterocycles. The van der Waals surface area contributed by atoms with Gasteiger partial charge in [0.2, 0.25) is 0 Å². The Morgan fingerprint density at radius 1 is 0.865 bits per heavy atom. The molecule has 0 fully saturated rings. The van der Waals surface area contributed by atoms with Crippen LogP contribution in [0.2, 0.25) is 0 Å². The summed E-state index contributed by atoms with van der Waals surface area (Å²) in [7, 11) is 0. The summed E-state index contributed by atoms with van der Waals surface area (Å²) in [6, 6.07) is 2.23. The maximum absolute atomic E-state index is 13.6. The topological polar surface area (TPSA) is 85.7 Å². The number of hydrogen-bond donors (Lipinski definition) is 1. The smallest absolute Gasteiger partial charge is 0.418 e. The normalized spacial score (nSPS) is 13.1. The summed E-state index contributed by atoms with van der Waals surface area (Å²) >= 11 is 0. The first-order valence-corrected chi connectivity index (χ1v) is 10.3. The minimum absolute atomic E-state index is 0.00357. The number of fused-ring (bicyclic) bond motifs is 1. The van der Waals surface area contributed by atoms with Crippen LogP contribution >= 0.6 is 0 Å². The Morgan fingerprint density at radius 2 is 1.59 bits per heavy atom. The maximum Gasteiger partial charge on any atom is 0.418 e. The monoisotopic (exact) mass is 530 g/mol. The molecule has 4 rings (SSSR count). The number of halogens is 8. The Labute approximate surface area is 202 Å². The van der Waals surface area contributed by atoms with Gasteiger partial charge in [0, 0.05) is 17.8 Å². The first-order valence-electron chi connectivity index (χ1n) is 10.3. The molecule has 0 radical (unpaired) electrons.